The Bertz CT molecular complexity index is 329. The summed E-state index contributed by atoms with van der Waals surface area (Å²) < 4.78 is 0. The zero-order chi connectivity index (χ0) is 12.2. The highest BCUT2D eigenvalue weighted by Crippen LogP contribution is 2.10. The number of hydrogen-bond acceptors (Lipinski definition) is 5. The van der Waals surface area contributed by atoms with Gasteiger partial charge < -0.3 is 16.4 Å². The standard InChI is InChI=1S/C11H21N5/c1-8(2)16-10-5-9(14-7-15-10)13-6-11(3,4)12/h5,7-8H,6,12H2,1-4H3,(H2,13,14,15,16). The van der Waals surface area contributed by atoms with Crippen LogP contribution in [0.5, 0.6) is 0 Å². The first-order valence-corrected chi connectivity index (χ1v) is 5.48. The summed E-state index contributed by atoms with van der Waals surface area (Å²) in [5.41, 5.74) is 5.63. The molecule has 0 fully saturated rings. The molecular formula is C11H21N5. The third kappa shape index (κ3) is 4.93. The van der Waals surface area contributed by atoms with Crippen LogP contribution in [-0.2, 0) is 0 Å². The molecule has 1 heterocycles. The predicted molar refractivity (Wildman–Crippen MR) is 67.5 cm³/mol. The van der Waals surface area contributed by atoms with Crippen molar-refractivity contribution in [2.24, 2.45) is 5.73 Å². The number of anilines is 2. The Hall–Kier alpha value is -1.36. The van der Waals surface area contributed by atoms with Gasteiger partial charge in [-0.1, -0.05) is 0 Å². The molecule has 0 saturated heterocycles. The molecule has 1 rings (SSSR count). The van der Waals surface area contributed by atoms with E-state index < -0.39 is 0 Å². The number of rotatable bonds is 5. The van der Waals surface area contributed by atoms with Crippen LogP contribution < -0.4 is 16.4 Å². The average molecular weight is 223 g/mol. The van der Waals surface area contributed by atoms with Gasteiger partial charge in [-0.15, -0.1) is 0 Å². The molecule has 0 amide bonds. The fourth-order valence-electron chi connectivity index (χ4n) is 1.15. The van der Waals surface area contributed by atoms with E-state index in [4.69, 9.17) is 5.73 Å². The first kappa shape index (κ1) is 12.7. The van der Waals surface area contributed by atoms with Gasteiger partial charge in [-0.2, -0.15) is 0 Å². The maximum Gasteiger partial charge on any atom is 0.131 e. The summed E-state index contributed by atoms with van der Waals surface area (Å²) in [6.45, 7) is 8.74. The van der Waals surface area contributed by atoms with E-state index >= 15 is 0 Å². The lowest BCUT2D eigenvalue weighted by atomic mass is 10.1. The molecule has 0 saturated carbocycles. The maximum absolute atomic E-state index is 5.88. The second-order valence-corrected chi connectivity index (χ2v) is 4.93. The topological polar surface area (TPSA) is 75.9 Å². The van der Waals surface area contributed by atoms with Gasteiger partial charge in [-0.25, -0.2) is 9.97 Å². The molecule has 1 aromatic rings. The number of aromatic nitrogens is 2. The SMILES string of the molecule is CC(C)Nc1cc(NCC(C)(C)N)ncn1. The molecule has 5 heteroatoms. The summed E-state index contributed by atoms with van der Waals surface area (Å²) in [7, 11) is 0. The first-order valence-electron chi connectivity index (χ1n) is 5.48. The van der Waals surface area contributed by atoms with Crippen molar-refractivity contribution in [2.45, 2.75) is 39.3 Å². The second-order valence-electron chi connectivity index (χ2n) is 4.93. The molecule has 90 valence electrons. The summed E-state index contributed by atoms with van der Waals surface area (Å²) in [5, 5.41) is 6.40. The lowest BCUT2D eigenvalue weighted by Gasteiger charge is -2.19. The third-order valence-electron chi connectivity index (χ3n) is 1.83. The van der Waals surface area contributed by atoms with Crippen LogP contribution in [0.2, 0.25) is 0 Å². The third-order valence-corrected chi connectivity index (χ3v) is 1.83. The van der Waals surface area contributed by atoms with E-state index in [1.54, 1.807) is 0 Å². The van der Waals surface area contributed by atoms with Crippen LogP contribution in [-0.4, -0.2) is 28.1 Å². The molecule has 4 N–H and O–H groups in total. The van der Waals surface area contributed by atoms with Gasteiger partial charge in [0.2, 0.25) is 0 Å². The Labute approximate surface area is 96.9 Å². The molecule has 0 unspecified atom stereocenters. The molecule has 16 heavy (non-hydrogen) atoms. The second kappa shape index (κ2) is 5.12. The van der Waals surface area contributed by atoms with Crippen molar-refractivity contribution in [1.29, 1.82) is 0 Å². The summed E-state index contributed by atoms with van der Waals surface area (Å²) >= 11 is 0. The van der Waals surface area contributed by atoms with Crippen LogP contribution in [0.15, 0.2) is 12.4 Å². The van der Waals surface area contributed by atoms with Crippen LogP contribution >= 0.6 is 0 Å². The van der Waals surface area contributed by atoms with Gasteiger partial charge >= 0.3 is 0 Å². The van der Waals surface area contributed by atoms with Crippen LogP contribution in [0.3, 0.4) is 0 Å². The summed E-state index contributed by atoms with van der Waals surface area (Å²) in [6.07, 6.45) is 1.54. The van der Waals surface area contributed by atoms with E-state index in [0.717, 1.165) is 11.6 Å². The Morgan fingerprint density at radius 2 is 1.94 bits per heavy atom. The average Bonchev–Trinajstić information content (AvgIpc) is 2.13. The highest BCUT2D eigenvalue weighted by atomic mass is 15.1. The Kier molecular flexibility index (Phi) is 4.06. The van der Waals surface area contributed by atoms with Crippen molar-refractivity contribution >= 4 is 11.6 Å². The molecule has 0 radical (unpaired) electrons. The van der Waals surface area contributed by atoms with Gasteiger partial charge in [0.25, 0.3) is 0 Å². The summed E-state index contributed by atoms with van der Waals surface area (Å²) in [6, 6.07) is 2.24. The number of nitrogens with two attached hydrogens (primary N) is 1. The highest BCUT2D eigenvalue weighted by molar-refractivity contribution is 5.46. The van der Waals surface area contributed by atoms with Crippen molar-refractivity contribution in [3.63, 3.8) is 0 Å². The largest absolute Gasteiger partial charge is 0.368 e. The van der Waals surface area contributed by atoms with Crippen molar-refractivity contribution in [3.05, 3.63) is 12.4 Å². The predicted octanol–water partition coefficient (Wildman–Crippen LogP) is 1.45. The molecule has 1 aromatic heterocycles. The van der Waals surface area contributed by atoms with Crippen molar-refractivity contribution in [3.8, 4) is 0 Å². The quantitative estimate of drug-likeness (QED) is 0.704. The lowest BCUT2D eigenvalue weighted by molar-refractivity contribution is 0.548. The smallest absolute Gasteiger partial charge is 0.131 e. The number of nitrogens with zero attached hydrogens (tertiary/aromatic N) is 2. The van der Waals surface area contributed by atoms with Gasteiger partial charge in [0, 0.05) is 24.2 Å². The van der Waals surface area contributed by atoms with E-state index in [1.165, 1.54) is 6.33 Å². The van der Waals surface area contributed by atoms with Crippen molar-refractivity contribution < 1.29 is 0 Å². The van der Waals surface area contributed by atoms with Crippen LogP contribution in [0, 0.1) is 0 Å². The number of nitrogens with one attached hydrogen (secondary N) is 2. The van der Waals surface area contributed by atoms with E-state index in [0.29, 0.717) is 12.6 Å². The Balaban J connectivity index is 2.60. The van der Waals surface area contributed by atoms with E-state index in [1.807, 2.05) is 19.9 Å². The van der Waals surface area contributed by atoms with Crippen molar-refractivity contribution in [2.75, 3.05) is 17.2 Å². The van der Waals surface area contributed by atoms with Crippen LogP contribution in [0.25, 0.3) is 0 Å². The lowest BCUT2D eigenvalue weighted by Crippen LogP contribution is -2.39. The highest BCUT2D eigenvalue weighted by Gasteiger charge is 2.10. The molecule has 0 atom stereocenters. The van der Waals surface area contributed by atoms with E-state index in [-0.39, 0.29) is 5.54 Å². The van der Waals surface area contributed by atoms with Gasteiger partial charge in [0.1, 0.15) is 18.0 Å². The minimum Gasteiger partial charge on any atom is -0.368 e. The molecule has 5 nitrogen and oxygen atoms in total. The fraction of sp³-hybridized carbons (Fsp3) is 0.636. The van der Waals surface area contributed by atoms with Crippen molar-refractivity contribution in [1.82, 2.24) is 9.97 Å². The van der Waals surface area contributed by atoms with Crippen LogP contribution in [0.1, 0.15) is 27.7 Å². The zero-order valence-electron chi connectivity index (χ0n) is 10.4. The summed E-state index contributed by atoms with van der Waals surface area (Å²) in [4.78, 5) is 8.26. The molecule has 0 aromatic carbocycles. The van der Waals surface area contributed by atoms with Crippen LogP contribution in [0.4, 0.5) is 11.6 Å². The zero-order valence-corrected chi connectivity index (χ0v) is 10.4. The molecule has 0 spiro atoms. The Morgan fingerprint density at radius 3 is 2.50 bits per heavy atom. The fourth-order valence-corrected chi connectivity index (χ4v) is 1.15. The monoisotopic (exact) mass is 223 g/mol. The molecular weight excluding hydrogens is 202 g/mol. The summed E-state index contributed by atoms with van der Waals surface area (Å²) in [5.74, 6) is 1.61. The van der Waals surface area contributed by atoms with Gasteiger partial charge in [0.05, 0.1) is 0 Å². The number of hydrogen-bond donors (Lipinski definition) is 3. The molecule has 0 bridgehead atoms. The normalized spacial score (nSPS) is 11.6. The maximum atomic E-state index is 5.88. The van der Waals surface area contributed by atoms with Gasteiger partial charge in [-0.05, 0) is 27.7 Å². The Morgan fingerprint density at radius 1 is 1.31 bits per heavy atom. The molecule has 0 aliphatic carbocycles. The van der Waals surface area contributed by atoms with Gasteiger partial charge in [-0.3, -0.25) is 0 Å². The van der Waals surface area contributed by atoms with E-state index in [2.05, 4.69) is 34.4 Å². The van der Waals surface area contributed by atoms with Gasteiger partial charge in [0.15, 0.2) is 0 Å². The minimum atomic E-state index is -0.253. The molecule has 0 aliphatic heterocycles. The first-order chi connectivity index (χ1) is 7.37. The molecule has 0 aliphatic rings. The van der Waals surface area contributed by atoms with E-state index in [9.17, 15) is 0 Å². The minimum absolute atomic E-state index is 0.253.